The summed E-state index contributed by atoms with van der Waals surface area (Å²) in [6.45, 7) is 0. The fourth-order valence-electron chi connectivity index (χ4n) is 1.57. The predicted molar refractivity (Wildman–Crippen MR) is 76.2 cm³/mol. The zero-order valence-corrected chi connectivity index (χ0v) is 12.5. The van der Waals surface area contributed by atoms with Crippen molar-refractivity contribution in [2.24, 2.45) is 0 Å². The summed E-state index contributed by atoms with van der Waals surface area (Å²) < 4.78 is 72.8. The van der Waals surface area contributed by atoms with Crippen molar-refractivity contribution in [2.75, 3.05) is 4.72 Å². The highest BCUT2D eigenvalue weighted by Gasteiger charge is 2.46. The van der Waals surface area contributed by atoms with Crippen LogP contribution in [-0.2, 0) is 20.8 Å². The van der Waals surface area contributed by atoms with Gasteiger partial charge in [0.05, 0.1) is 16.5 Å². The number of hydrogen-bond acceptors (Lipinski definition) is 3. The zero-order chi connectivity index (χ0) is 16.4. The molecule has 1 N–H and O–H groups in total. The Kier molecular flexibility index (Phi) is 4.57. The summed E-state index contributed by atoms with van der Waals surface area (Å²) in [6, 6.07) is 13.3. The Hall–Kier alpha value is -1.87. The molecule has 0 spiro atoms. The van der Waals surface area contributed by atoms with Gasteiger partial charge in [0, 0.05) is 9.79 Å². The first-order chi connectivity index (χ1) is 10.2. The first kappa shape index (κ1) is 16.5. The fourth-order valence-corrected chi connectivity index (χ4v) is 3.23. The van der Waals surface area contributed by atoms with Gasteiger partial charge in [-0.3, -0.25) is 4.72 Å². The minimum Gasteiger partial charge on any atom is -0.276 e. The molecule has 0 radical (unpaired) electrons. The van der Waals surface area contributed by atoms with Crippen LogP contribution < -0.4 is 4.72 Å². The third-order valence-corrected chi connectivity index (χ3v) is 5.06. The average molecular weight is 349 g/mol. The molecule has 0 fully saturated rings. The van der Waals surface area contributed by atoms with Gasteiger partial charge in [0.2, 0.25) is 0 Å². The Morgan fingerprint density at radius 1 is 0.909 bits per heavy atom. The smallest absolute Gasteiger partial charge is 0.276 e. The molecule has 9 heteroatoms. The number of sulfonamides is 1. The van der Waals surface area contributed by atoms with E-state index in [9.17, 15) is 25.8 Å². The van der Waals surface area contributed by atoms with Gasteiger partial charge in [0.15, 0.2) is 0 Å². The average Bonchev–Trinajstić information content (AvgIpc) is 2.46. The molecule has 0 aliphatic rings. The maximum Gasteiger partial charge on any atom is 0.516 e. The lowest BCUT2D eigenvalue weighted by Crippen LogP contribution is -2.29. The summed E-state index contributed by atoms with van der Waals surface area (Å²) in [6.07, 6.45) is 0. The number of alkyl halides is 3. The third kappa shape index (κ3) is 3.66. The van der Waals surface area contributed by atoms with Crippen LogP contribution in [-0.4, -0.2) is 18.1 Å². The molecule has 1 atom stereocenters. The second kappa shape index (κ2) is 6.09. The first-order valence-electron chi connectivity index (χ1n) is 5.87. The maximum atomic E-state index is 12.3. The number of hydrogen-bond donors (Lipinski definition) is 1. The molecular weight excluding hydrogens is 339 g/mol. The lowest BCUT2D eigenvalue weighted by Gasteiger charge is -2.11. The van der Waals surface area contributed by atoms with Crippen molar-refractivity contribution in [1.29, 1.82) is 0 Å². The Morgan fingerprint density at radius 2 is 1.50 bits per heavy atom. The van der Waals surface area contributed by atoms with Crippen molar-refractivity contribution in [3.05, 3.63) is 54.6 Å². The third-order valence-electron chi connectivity index (χ3n) is 2.56. The van der Waals surface area contributed by atoms with E-state index in [0.717, 1.165) is 12.1 Å². The highest BCUT2D eigenvalue weighted by atomic mass is 32.2. The number of nitrogens with one attached hydrogen (secondary N) is 1. The van der Waals surface area contributed by atoms with Crippen LogP contribution in [0.5, 0.6) is 0 Å². The zero-order valence-electron chi connectivity index (χ0n) is 10.9. The Morgan fingerprint density at radius 3 is 2.09 bits per heavy atom. The molecule has 22 heavy (non-hydrogen) atoms. The minimum absolute atomic E-state index is 0.188. The molecule has 0 aromatic heterocycles. The molecule has 118 valence electrons. The van der Waals surface area contributed by atoms with Gasteiger partial charge < -0.3 is 0 Å². The lowest BCUT2D eigenvalue weighted by molar-refractivity contribution is -0.0429. The van der Waals surface area contributed by atoms with E-state index in [-0.39, 0.29) is 10.6 Å². The van der Waals surface area contributed by atoms with Crippen LogP contribution in [0.4, 0.5) is 18.9 Å². The molecule has 0 bridgehead atoms. The first-order valence-corrected chi connectivity index (χ1v) is 8.50. The largest absolute Gasteiger partial charge is 0.516 e. The second-order valence-electron chi connectivity index (χ2n) is 4.16. The quantitative estimate of drug-likeness (QED) is 0.922. The van der Waals surface area contributed by atoms with Crippen molar-refractivity contribution >= 4 is 26.5 Å². The van der Waals surface area contributed by atoms with Gasteiger partial charge in [-0.15, -0.1) is 0 Å². The van der Waals surface area contributed by atoms with Crippen LogP contribution >= 0.6 is 0 Å². The summed E-state index contributed by atoms with van der Waals surface area (Å²) in [7, 11) is -7.13. The molecule has 0 heterocycles. The molecule has 0 saturated carbocycles. The minimum atomic E-state index is -5.51. The lowest BCUT2D eigenvalue weighted by atomic mass is 10.3. The van der Waals surface area contributed by atoms with Crippen LogP contribution in [0.3, 0.4) is 0 Å². The monoisotopic (exact) mass is 349 g/mol. The molecule has 4 nitrogen and oxygen atoms in total. The van der Waals surface area contributed by atoms with E-state index in [1.165, 1.54) is 16.9 Å². The van der Waals surface area contributed by atoms with Gasteiger partial charge in [-0.05, 0) is 30.3 Å². The van der Waals surface area contributed by atoms with Crippen molar-refractivity contribution in [3.8, 4) is 0 Å². The molecule has 2 aromatic carbocycles. The molecule has 0 saturated heterocycles. The van der Waals surface area contributed by atoms with E-state index in [1.807, 2.05) is 0 Å². The summed E-state index contributed by atoms with van der Waals surface area (Å²) in [4.78, 5) is 0.645. The molecule has 2 rings (SSSR count). The fraction of sp³-hybridized carbons (Fsp3) is 0.0769. The van der Waals surface area contributed by atoms with E-state index in [4.69, 9.17) is 0 Å². The highest BCUT2D eigenvalue weighted by molar-refractivity contribution is 7.93. The number of rotatable bonds is 4. The Labute approximate surface area is 127 Å². The number of benzene rings is 2. The van der Waals surface area contributed by atoms with E-state index in [2.05, 4.69) is 0 Å². The summed E-state index contributed by atoms with van der Waals surface area (Å²) in [5, 5.41) is 0. The van der Waals surface area contributed by atoms with Crippen LogP contribution in [0.15, 0.2) is 64.4 Å². The maximum absolute atomic E-state index is 12.3. The van der Waals surface area contributed by atoms with Gasteiger partial charge in [-0.2, -0.15) is 21.6 Å². The number of halogens is 3. The van der Waals surface area contributed by atoms with Crippen LogP contribution in [0.2, 0.25) is 0 Å². The molecule has 0 amide bonds. The van der Waals surface area contributed by atoms with E-state index in [0.29, 0.717) is 4.90 Å². The van der Waals surface area contributed by atoms with Crippen molar-refractivity contribution in [3.63, 3.8) is 0 Å². The molecular formula is C13H10F3NO3S2. The summed E-state index contributed by atoms with van der Waals surface area (Å²) in [5.74, 6) is 0. The van der Waals surface area contributed by atoms with Crippen LogP contribution in [0.25, 0.3) is 0 Å². The highest BCUT2D eigenvalue weighted by Crippen LogP contribution is 2.26. The Balaban J connectivity index is 2.30. The van der Waals surface area contributed by atoms with Gasteiger partial charge >= 0.3 is 15.5 Å². The van der Waals surface area contributed by atoms with E-state index < -0.39 is 26.3 Å². The normalized spacial score (nSPS) is 13.6. The van der Waals surface area contributed by atoms with Crippen molar-refractivity contribution in [2.45, 2.75) is 15.3 Å². The molecule has 0 aliphatic heterocycles. The van der Waals surface area contributed by atoms with E-state index >= 15 is 0 Å². The predicted octanol–water partition coefficient (Wildman–Crippen LogP) is 3.11. The summed E-state index contributed by atoms with van der Waals surface area (Å²) in [5.41, 5.74) is -5.72. The van der Waals surface area contributed by atoms with Gasteiger partial charge in [-0.1, -0.05) is 24.3 Å². The van der Waals surface area contributed by atoms with E-state index in [1.54, 1.807) is 30.3 Å². The van der Waals surface area contributed by atoms with Gasteiger partial charge in [0.25, 0.3) is 0 Å². The van der Waals surface area contributed by atoms with Gasteiger partial charge in [-0.25, -0.2) is 4.21 Å². The van der Waals surface area contributed by atoms with Crippen LogP contribution in [0, 0.1) is 0 Å². The molecule has 2 aromatic rings. The summed E-state index contributed by atoms with van der Waals surface area (Å²) >= 11 is 0. The van der Waals surface area contributed by atoms with Crippen LogP contribution in [0.1, 0.15) is 0 Å². The second-order valence-corrected chi connectivity index (χ2v) is 7.32. The van der Waals surface area contributed by atoms with Gasteiger partial charge in [0.1, 0.15) is 0 Å². The van der Waals surface area contributed by atoms with Crippen molar-refractivity contribution < 1.29 is 25.8 Å². The molecule has 0 unspecified atom stereocenters. The van der Waals surface area contributed by atoms with Crippen molar-refractivity contribution in [1.82, 2.24) is 0 Å². The SMILES string of the molecule is O=[S@@](c1ccccc1)c1cccc(NS(=O)(=O)C(F)(F)F)c1. The topological polar surface area (TPSA) is 63.2 Å². The Bertz CT molecular complexity index is 790. The standard InChI is InChI=1S/C13H10F3NO3S2/c14-13(15,16)22(19,20)17-10-5-4-8-12(9-10)21(18)11-6-2-1-3-7-11/h1-9,17H/t21-/m0/s1. The molecule has 0 aliphatic carbocycles. The number of anilines is 1.